The van der Waals surface area contributed by atoms with Gasteiger partial charge in [-0.1, -0.05) is 24.6 Å². The molecule has 2 aliphatic rings. The second kappa shape index (κ2) is 10.6. The number of amides is 1. The molecule has 156 valence electrons. The van der Waals surface area contributed by atoms with Gasteiger partial charge in [0.05, 0.1) is 0 Å². The zero-order chi connectivity index (χ0) is 19.9. The molecule has 0 radical (unpaired) electrons. The molecule has 2 saturated heterocycles. The van der Waals surface area contributed by atoms with Crippen LogP contribution < -0.4 is 5.32 Å². The van der Waals surface area contributed by atoms with E-state index in [-0.39, 0.29) is 17.6 Å². The number of rotatable bonds is 7. The summed E-state index contributed by atoms with van der Waals surface area (Å²) in [5.74, 6) is 0.816. The zero-order valence-corrected chi connectivity index (χ0v) is 17.7. The fraction of sp³-hybridized carbons (Fsp3) is 0.682. The molecule has 1 amide bonds. The minimum absolute atomic E-state index is 0.0846. The van der Waals surface area contributed by atoms with Crippen LogP contribution in [0.25, 0.3) is 0 Å². The molecule has 28 heavy (non-hydrogen) atoms. The van der Waals surface area contributed by atoms with Gasteiger partial charge in [0.25, 0.3) is 0 Å². The van der Waals surface area contributed by atoms with Crippen LogP contribution >= 0.6 is 11.6 Å². The molecule has 4 nitrogen and oxygen atoms in total. The molecule has 0 bridgehead atoms. The maximum atomic E-state index is 14.0. The van der Waals surface area contributed by atoms with Gasteiger partial charge in [0.15, 0.2) is 0 Å². The van der Waals surface area contributed by atoms with Gasteiger partial charge in [-0.25, -0.2) is 4.39 Å². The molecular formula is C22H33ClFN3O. The highest BCUT2D eigenvalue weighted by molar-refractivity contribution is 6.30. The van der Waals surface area contributed by atoms with Crippen molar-refractivity contribution in [2.75, 3.05) is 39.3 Å². The Morgan fingerprint density at radius 1 is 1.21 bits per heavy atom. The van der Waals surface area contributed by atoms with E-state index in [1.807, 2.05) is 0 Å². The molecule has 2 fully saturated rings. The van der Waals surface area contributed by atoms with Gasteiger partial charge in [-0.2, -0.15) is 0 Å². The average Bonchev–Trinajstić information content (AvgIpc) is 2.68. The first-order valence-corrected chi connectivity index (χ1v) is 11.1. The molecule has 3 rings (SSSR count). The van der Waals surface area contributed by atoms with Crippen molar-refractivity contribution in [3.8, 4) is 0 Å². The van der Waals surface area contributed by atoms with Crippen LogP contribution in [0, 0.1) is 17.7 Å². The molecule has 2 heterocycles. The first-order chi connectivity index (χ1) is 13.5. The van der Waals surface area contributed by atoms with Gasteiger partial charge in [-0.05, 0) is 76.3 Å². The van der Waals surface area contributed by atoms with E-state index in [0.29, 0.717) is 17.1 Å². The van der Waals surface area contributed by atoms with Crippen LogP contribution in [0.1, 0.15) is 44.6 Å². The molecule has 1 atom stereocenters. The number of hydrogen-bond donors (Lipinski definition) is 1. The maximum Gasteiger partial charge on any atom is 0.223 e. The van der Waals surface area contributed by atoms with E-state index in [1.54, 1.807) is 12.1 Å². The van der Waals surface area contributed by atoms with Gasteiger partial charge >= 0.3 is 0 Å². The standard InChI is InChI=1S/C22H33ClFN3O/c1-17-4-2-10-26(15-17)11-3-9-25-22(28)18-7-12-27(13-8-18)16-19-5-6-20(23)14-21(19)24/h5-6,14,17-18H,2-4,7-13,15-16H2,1H3,(H,25,28)/t17-/m0/s1. The quantitative estimate of drug-likeness (QED) is 0.693. The third-order valence-corrected chi connectivity index (χ3v) is 6.29. The third kappa shape index (κ3) is 6.43. The van der Waals surface area contributed by atoms with Crippen molar-refractivity contribution in [1.82, 2.24) is 15.1 Å². The number of hydrogen-bond acceptors (Lipinski definition) is 3. The number of nitrogens with one attached hydrogen (secondary N) is 1. The summed E-state index contributed by atoms with van der Waals surface area (Å²) in [5.41, 5.74) is 0.666. The van der Waals surface area contributed by atoms with Crippen LogP contribution in [0.15, 0.2) is 18.2 Å². The van der Waals surface area contributed by atoms with Crippen LogP contribution in [0.5, 0.6) is 0 Å². The fourth-order valence-corrected chi connectivity index (χ4v) is 4.55. The van der Waals surface area contributed by atoms with Gasteiger partial charge < -0.3 is 10.2 Å². The highest BCUT2D eigenvalue weighted by atomic mass is 35.5. The second-order valence-electron chi connectivity index (χ2n) is 8.48. The number of likely N-dealkylation sites (tertiary alicyclic amines) is 2. The molecule has 0 unspecified atom stereocenters. The van der Waals surface area contributed by atoms with Crippen LogP contribution in [0.3, 0.4) is 0 Å². The van der Waals surface area contributed by atoms with Crippen molar-refractivity contribution in [1.29, 1.82) is 0 Å². The topological polar surface area (TPSA) is 35.6 Å². The summed E-state index contributed by atoms with van der Waals surface area (Å²) >= 11 is 5.82. The number of carbonyl (C=O) groups is 1. The molecule has 1 aromatic carbocycles. The molecule has 0 aromatic heterocycles. The number of carbonyl (C=O) groups excluding carboxylic acids is 1. The summed E-state index contributed by atoms with van der Waals surface area (Å²) in [6.07, 6.45) is 5.34. The summed E-state index contributed by atoms with van der Waals surface area (Å²) < 4.78 is 14.0. The van der Waals surface area contributed by atoms with Crippen molar-refractivity contribution in [2.45, 2.75) is 45.6 Å². The van der Waals surface area contributed by atoms with Crippen molar-refractivity contribution in [3.63, 3.8) is 0 Å². The Hall–Kier alpha value is -1.17. The molecule has 2 aliphatic heterocycles. The fourth-order valence-electron chi connectivity index (χ4n) is 4.39. The molecule has 0 saturated carbocycles. The maximum absolute atomic E-state index is 14.0. The largest absolute Gasteiger partial charge is 0.356 e. The van der Waals surface area contributed by atoms with E-state index in [9.17, 15) is 9.18 Å². The SMILES string of the molecule is C[C@H]1CCCN(CCCNC(=O)C2CCN(Cc3ccc(Cl)cc3F)CC2)C1. The van der Waals surface area contributed by atoms with E-state index in [0.717, 1.165) is 51.4 Å². The van der Waals surface area contributed by atoms with Crippen molar-refractivity contribution >= 4 is 17.5 Å². The summed E-state index contributed by atoms with van der Waals surface area (Å²) in [5, 5.41) is 3.55. The smallest absolute Gasteiger partial charge is 0.223 e. The Morgan fingerprint density at radius 2 is 2.00 bits per heavy atom. The van der Waals surface area contributed by atoms with Crippen molar-refractivity contribution < 1.29 is 9.18 Å². The lowest BCUT2D eigenvalue weighted by Gasteiger charge is -2.32. The summed E-state index contributed by atoms with van der Waals surface area (Å²) in [6.45, 7) is 8.78. The highest BCUT2D eigenvalue weighted by Gasteiger charge is 2.25. The molecule has 0 aliphatic carbocycles. The van der Waals surface area contributed by atoms with Crippen molar-refractivity contribution in [2.24, 2.45) is 11.8 Å². The molecule has 1 aromatic rings. The van der Waals surface area contributed by atoms with Gasteiger partial charge in [-0.15, -0.1) is 0 Å². The third-order valence-electron chi connectivity index (χ3n) is 6.06. The molecule has 0 spiro atoms. The Morgan fingerprint density at radius 3 is 2.71 bits per heavy atom. The Bertz CT molecular complexity index is 649. The first kappa shape index (κ1) is 21.5. The lowest BCUT2D eigenvalue weighted by molar-refractivity contribution is -0.126. The minimum atomic E-state index is -0.254. The van der Waals surface area contributed by atoms with Crippen LogP contribution in [0.2, 0.25) is 5.02 Å². The Kier molecular flexibility index (Phi) is 8.12. The van der Waals surface area contributed by atoms with Crippen LogP contribution in [0.4, 0.5) is 4.39 Å². The van der Waals surface area contributed by atoms with E-state index < -0.39 is 0 Å². The van der Waals surface area contributed by atoms with Gasteiger partial charge in [0.2, 0.25) is 5.91 Å². The van der Waals surface area contributed by atoms with Crippen LogP contribution in [-0.4, -0.2) is 55.0 Å². The predicted molar refractivity (Wildman–Crippen MR) is 112 cm³/mol. The predicted octanol–water partition coefficient (Wildman–Crippen LogP) is 3.93. The molecule has 6 heteroatoms. The highest BCUT2D eigenvalue weighted by Crippen LogP contribution is 2.22. The molecule has 1 N–H and O–H groups in total. The van der Waals surface area contributed by atoms with Gasteiger partial charge in [0.1, 0.15) is 5.82 Å². The Labute approximate surface area is 173 Å². The lowest BCUT2D eigenvalue weighted by Crippen LogP contribution is -2.41. The van der Waals surface area contributed by atoms with E-state index in [2.05, 4.69) is 22.0 Å². The zero-order valence-electron chi connectivity index (χ0n) is 16.9. The monoisotopic (exact) mass is 409 g/mol. The summed E-state index contributed by atoms with van der Waals surface area (Å²) in [6, 6.07) is 4.84. The molecular weight excluding hydrogens is 377 g/mol. The van der Waals surface area contributed by atoms with Gasteiger partial charge in [0, 0.05) is 36.1 Å². The van der Waals surface area contributed by atoms with E-state index in [4.69, 9.17) is 11.6 Å². The van der Waals surface area contributed by atoms with Crippen LogP contribution in [-0.2, 0) is 11.3 Å². The van der Waals surface area contributed by atoms with Gasteiger partial charge in [-0.3, -0.25) is 9.69 Å². The number of halogens is 2. The Balaban J connectivity index is 1.32. The number of piperidine rings is 2. The van der Waals surface area contributed by atoms with E-state index >= 15 is 0 Å². The lowest BCUT2D eigenvalue weighted by atomic mass is 9.95. The second-order valence-corrected chi connectivity index (χ2v) is 8.92. The summed E-state index contributed by atoms with van der Waals surface area (Å²) in [4.78, 5) is 17.2. The van der Waals surface area contributed by atoms with Crippen molar-refractivity contribution in [3.05, 3.63) is 34.6 Å². The minimum Gasteiger partial charge on any atom is -0.356 e. The average molecular weight is 410 g/mol. The van der Waals surface area contributed by atoms with E-state index in [1.165, 1.54) is 32.0 Å². The normalized spacial score (nSPS) is 22.3. The first-order valence-electron chi connectivity index (χ1n) is 10.7. The number of benzene rings is 1. The summed E-state index contributed by atoms with van der Waals surface area (Å²) in [7, 11) is 0. The number of nitrogens with zero attached hydrogens (tertiary/aromatic N) is 2.